The molecule has 2 saturated carbocycles. The van der Waals surface area contributed by atoms with Crippen LogP contribution in [0.25, 0.3) is 0 Å². The van der Waals surface area contributed by atoms with Crippen LogP contribution in [-0.2, 0) is 4.79 Å². The van der Waals surface area contributed by atoms with Crippen LogP contribution in [0, 0.1) is 23.7 Å². The Morgan fingerprint density at radius 1 is 1.00 bits per heavy atom. The van der Waals surface area contributed by atoms with Crippen molar-refractivity contribution in [3.05, 3.63) is 35.9 Å². The van der Waals surface area contributed by atoms with E-state index in [0.29, 0.717) is 11.7 Å². The molecular formula is C18H24O. The first-order valence-electron chi connectivity index (χ1n) is 7.77. The van der Waals surface area contributed by atoms with Crippen molar-refractivity contribution in [1.29, 1.82) is 0 Å². The Labute approximate surface area is 116 Å². The van der Waals surface area contributed by atoms with Crippen LogP contribution in [0.3, 0.4) is 0 Å². The maximum Gasteiger partial charge on any atom is 0.143 e. The molecule has 0 spiro atoms. The third-order valence-corrected chi connectivity index (χ3v) is 5.32. The molecule has 0 unspecified atom stereocenters. The van der Waals surface area contributed by atoms with E-state index in [2.05, 4.69) is 38.1 Å². The molecule has 1 nitrogen and oxygen atoms in total. The molecule has 1 heteroatoms. The fourth-order valence-corrected chi connectivity index (χ4v) is 4.44. The van der Waals surface area contributed by atoms with Gasteiger partial charge >= 0.3 is 0 Å². The predicted octanol–water partition coefficient (Wildman–Crippen LogP) is 4.43. The molecule has 0 amide bonds. The van der Waals surface area contributed by atoms with Crippen LogP contribution in [0.2, 0.25) is 0 Å². The number of rotatable bonds is 4. The molecule has 102 valence electrons. The molecule has 2 bridgehead atoms. The maximum absolute atomic E-state index is 12.7. The molecule has 2 aliphatic rings. The SMILES string of the molecule is CC(C)C(=O)[C@@H](c1ccccc1)C1C2CCC1CC2. The Kier molecular flexibility index (Phi) is 3.47. The first-order valence-corrected chi connectivity index (χ1v) is 7.77. The number of ketones is 1. The summed E-state index contributed by atoms with van der Waals surface area (Å²) >= 11 is 0. The van der Waals surface area contributed by atoms with Gasteiger partial charge in [-0.1, -0.05) is 44.2 Å². The number of benzene rings is 1. The van der Waals surface area contributed by atoms with Gasteiger partial charge in [0.25, 0.3) is 0 Å². The summed E-state index contributed by atoms with van der Waals surface area (Å²) in [6.45, 7) is 4.10. The standard InChI is InChI=1S/C18H24O/c1-12(2)18(19)17(13-6-4-3-5-7-13)16-14-8-9-15(16)11-10-14/h3-7,12,14-17H,8-11H2,1-2H3/t14?,15?,16?,17-/m0/s1. The van der Waals surface area contributed by atoms with Gasteiger partial charge in [-0.05, 0) is 49.0 Å². The van der Waals surface area contributed by atoms with Crippen LogP contribution in [0.1, 0.15) is 51.0 Å². The van der Waals surface area contributed by atoms with Crippen LogP contribution in [0.5, 0.6) is 0 Å². The van der Waals surface area contributed by atoms with Gasteiger partial charge in [0.1, 0.15) is 5.78 Å². The summed E-state index contributed by atoms with van der Waals surface area (Å²) < 4.78 is 0. The van der Waals surface area contributed by atoms with Crippen molar-refractivity contribution in [2.24, 2.45) is 23.7 Å². The first-order chi connectivity index (χ1) is 9.18. The van der Waals surface area contributed by atoms with Gasteiger partial charge in [0, 0.05) is 11.8 Å². The molecule has 0 radical (unpaired) electrons. The summed E-state index contributed by atoms with van der Waals surface area (Å²) in [6, 6.07) is 10.5. The lowest BCUT2D eigenvalue weighted by Gasteiger charge is -2.28. The van der Waals surface area contributed by atoms with Crippen LogP contribution in [-0.4, -0.2) is 5.78 Å². The molecule has 19 heavy (non-hydrogen) atoms. The third kappa shape index (κ3) is 2.24. The monoisotopic (exact) mass is 256 g/mol. The van der Waals surface area contributed by atoms with Gasteiger partial charge in [-0.3, -0.25) is 4.79 Å². The number of carbonyl (C=O) groups is 1. The molecular weight excluding hydrogens is 232 g/mol. The van der Waals surface area contributed by atoms with Crippen LogP contribution in [0.4, 0.5) is 0 Å². The molecule has 1 aromatic carbocycles. The molecule has 1 aromatic rings. The third-order valence-electron chi connectivity index (χ3n) is 5.32. The minimum Gasteiger partial charge on any atom is -0.299 e. The van der Waals surface area contributed by atoms with E-state index in [4.69, 9.17) is 0 Å². The molecule has 0 N–H and O–H groups in total. The molecule has 2 fully saturated rings. The Balaban J connectivity index is 1.95. The fraction of sp³-hybridized carbons (Fsp3) is 0.611. The lowest BCUT2D eigenvalue weighted by atomic mass is 9.74. The smallest absolute Gasteiger partial charge is 0.143 e. The average Bonchev–Trinajstić information content (AvgIpc) is 3.00. The van der Waals surface area contributed by atoms with Gasteiger partial charge in [0.2, 0.25) is 0 Å². The molecule has 1 atom stereocenters. The van der Waals surface area contributed by atoms with Gasteiger partial charge in [-0.25, -0.2) is 0 Å². The number of Topliss-reactive ketones (excluding diaryl/α,β-unsaturated/α-hetero) is 1. The van der Waals surface area contributed by atoms with Gasteiger partial charge < -0.3 is 0 Å². The topological polar surface area (TPSA) is 17.1 Å². The largest absolute Gasteiger partial charge is 0.299 e. The summed E-state index contributed by atoms with van der Waals surface area (Å²) in [4.78, 5) is 12.7. The number of carbonyl (C=O) groups excluding carboxylic acids is 1. The summed E-state index contributed by atoms with van der Waals surface area (Å²) in [5.74, 6) is 2.98. The highest BCUT2D eigenvalue weighted by molar-refractivity contribution is 5.87. The lowest BCUT2D eigenvalue weighted by molar-refractivity contribution is -0.125. The Morgan fingerprint density at radius 3 is 2.00 bits per heavy atom. The Hall–Kier alpha value is -1.11. The van der Waals surface area contributed by atoms with Crippen LogP contribution >= 0.6 is 0 Å². The summed E-state index contributed by atoms with van der Waals surface area (Å²) in [5, 5.41) is 0. The van der Waals surface area contributed by atoms with Crippen molar-refractivity contribution in [1.82, 2.24) is 0 Å². The van der Waals surface area contributed by atoms with Gasteiger partial charge in [0.05, 0.1) is 0 Å². The molecule has 0 aromatic heterocycles. The average molecular weight is 256 g/mol. The zero-order chi connectivity index (χ0) is 13.4. The molecule has 0 saturated heterocycles. The number of fused-ring (bicyclic) bond motifs is 2. The van der Waals surface area contributed by atoms with Crippen molar-refractivity contribution in [3.63, 3.8) is 0 Å². The molecule has 3 rings (SSSR count). The summed E-state index contributed by atoms with van der Waals surface area (Å²) in [5.41, 5.74) is 1.25. The van der Waals surface area contributed by atoms with Crippen LogP contribution in [0.15, 0.2) is 30.3 Å². The minimum atomic E-state index is 0.144. The zero-order valence-electron chi connectivity index (χ0n) is 12.0. The second-order valence-electron chi connectivity index (χ2n) is 6.70. The Bertz CT molecular complexity index is 428. The highest BCUT2D eigenvalue weighted by atomic mass is 16.1. The first kappa shape index (κ1) is 12.9. The van der Waals surface area contributed by atoms with Crippen LogP contribution < -0.4 is 0 Å². The van der Waals surface area contributed by atoms with E-state index in [0.717, 1.165) is 11.8 Å². The summed E-state index contributed by atoms with van der Waals surface area (Å²) in [6.07, 6.45) is 5.40. The van der Waals surface area contributed by atoms with E-state index in [-0.39, 0.29) is 11.8 Å². The van der Waals surface area contributed by atoms with Crippen molar-refractivity contribution < 1.29 is 4.79 Å². The maximum atomic E-state index is 12.7. The molecule has 0 aliphatic heterocycles. The van der Waals surface area contributed by atoms with E-state index < -0.39 is 0 Å². The predicted molar refractivity (Wildman–Crippen MR) is 78.0 cm³/mol. The molecule has 2 aliphatic carbocycles. The lowest BCUT2D eigenvalue weighted by Crippen LogP contribution is -2.28. The highest BCUT2D eigenvalue weighted by Gasteiger charge is 2.48. The van der Waals surface area contributed by atoms with Crippen molar-refractivity contribution in [3.8, 4) is 0 Å². The normalized spacial score (nSPS) is 30.8. The van der Waals surface area contributed by atoms with E-state index in [9.17, 15) is 4.79 Å². The quantitative estimate of drug-likeness (QED) is 0.778. The van der Waals surface area contributed by atoms with Gasteiger partial charge in [-0.2, -0.15) is 0 Å². The Morgan fingerprint density at radius 2 is 1.53 bits per heavy atom. The second-order valence-corrected chi connectivity index (χ2v) is 6.70. The highest BCUT2D eigenvalue weighted by Crippen LogP contribution is 2.55. The van der Waals surface area contributed by atoms with E-state index in [1.165, 1.54) is 31.2 Å². The number of hydrogen-bond acceptors (Lipinski definition) is 1. The fourth-order valence-electron chi connectivity index (χ4n) is 4.44. The van der Waals surface area contributed by atoms with Crippen molar-refractivity contribution in [2.45, 2.75) is 45.4 Å². The summed E-state index contributed by atoms with van der Waals surface area (Å²) in [7, 11) is 0. The van der Waals surface area contributed by atoms with Crippen molar-refractivity contribution in [2.75, 3.05) is 0 Å². The second kappa shape index (κ2) is 5.11. The number of hydrogen-bond donors (Lipinski definition) is 0. The molecule has 0 heterocycles. The van der Waals surface area contributed by atoms with E-state index >= 15 is 0 Å². The van der Waals surface area contributed by atoms with Crippen molar-refractivity contribution >= 4 is 5.78 Å². The van der Waals surface area contributed by atoms with E-state index in [1.807, 2.05) is 6.07 Å². The van der Waals surface area contributed by atoms with Gasteiger partial charge in [0.15, 0.2) is 0 Å². The van der Waals surface area contributed by atoms with E-state index in [1.54, 1.807) is 0 Å². The zero-order valence-corrected chi connectivity index (χ0v) is 12.0. The minimum absolute atomic E-state index is 0.144. The van der Waals surface area contributed by atoms with Gasteiger partial charge in [-0.15, -0.1) is 0 Å².